The zero-order chi connectivity index (χ0) is 14.6. The Hall–Kier alpha value is -3.02. The number of hydrogen-bond donors (Lipinski definition) is 1. The molecule has 0 saturated carbocycles. The number of ketones is 2. The molecule has 0 unspecified atom stereocenters. The van der Waals surface area contributed by atoms with Crippen molar-refractivity contribution in [3.8, 4) is 0 Å². The maximum atomic E-state index is 13.3. The molecule has 0 atom stereocenters. The van der Waals surface area contributed by atoms with Crippen LogP contribution in [0, 0.1) is 5.82 Å². The zero-order valence-electron chi connectivity index (χ0n) is 10.5. The lowest BCUT2D eigenvalue weighted by Crippen LogP contribution is -2.13. The van der Waals surface area contributed by atoms with Gasteiger partial charge < -0.3 is 9.84 Å². The van der Waals surface area contributed by atoms with Crippen LogP contribution in [-0.4, -0.2) is 16.7 Å². The Bertz CT molecular complexity index is 877. The third-order valence-electron chi connectivity index (χ3n) is 3.47. The van der Waals surface area contributed by atoms with Crippen molar-refractivity contribution in [1.82, 2.24) is 5.16 Å². The molecule has 0 bridgehead atoms. The highest BCUT2D eigenvalue weighted by Crippen LogP contribution is 2.36. The topological polar surface area (TPSA) is 72.2 Å². The van der Waals surface area contributed by atoms with Crippen LogP contribution in [0.3, 0.4) is 0 Å². The normalized spacial score (nSPS) is 19.5. The number of benzene rings is 1. The van der Waals surface area contributed by atoms with Crippen LogP contribution in [0.1, 0.15) is 21.6 Å². The fourth-order valence-electron chi connectivity index (χ4n) is 2.50. The van der Waals surface area contributed by atoms with Crippen LogP contribution in [-0.2, 0) is 4.79 Å². The van der Waals surface area contributed by atoms with E-state index in [1.807, 2.05) is 0 Å². The van der Waals surface area contributed by atoms with Gasteiger partial charge in [0.15, 0.2) is 5.78 Å². The molecule has 1 N–H and O–H groups in total. The third kappa shape index (κ3) is 1.59. The fraction of sp³-hybridized carbons (Fsp3) is 0. The molecule has 0 amide bonds. The van der Waals surface area contributed by atoms with Crippen molar-refractivity contribution >= 4 is 28.9 Å². The van der Waals surface area contributed by atoms with E-state index < -0.39 is 11.6 Å². The molecule has 2 heterocycles. The van der Waals surface area contributed by atoms with E-state index in [0.717, 1.165) is 6.07 Å². The second-order valence-corrected chi connectivity index (χ2v) is 4.71. The van der Waals surface area contributed by atoms with Crippen molar-refractivity contribution < 1.29 is 18.5 Å². The van der Waals surface area contributed by atoms with E-state index in [1.165, 1.54) is 30.5 Å². The molecule has 2 aromatic rings. The molecule has 5 nitrogen and oxygen atoms in total. The Morgan fingerprint density at radius 3 is 2.86 bits per heavy atom. The number of rotatable bonds is 0. The van der Waals surface area contributed by atoms with Gasteiger partial charge in [-0.05, 0) is 30.4 Å². The minimum absolute atomic E-state index is 0.120. The highest BCUT2D eigenvalue weighted by Gasteiger charge is 2.33. The first-order valence-corrected chi connectivity index (χ1v) is 6.18. The summed E-state index contributed by atoms with van der Waals surface area (Å²) in [6.45, 7) is 0. The molecule has 6 heteroatoms. The van der Waals surface area contributed by atoms with Crippen molar-refractivity contribution in [2.45, 2.75) is 0 Å². The maximum Gasteiger partial charge on any atom is 0.212 e. The third-order valence-corrected chi connectivity index (χ3v) is 3.47. The number of fused-ring (bicyclic) bond motifs is 2. The smallest absolute Gasteiger partial charge is 0.212 e. The van der Waals surface area contributed by atoms with Gasteiger partial charge in [0.2, 0.25) is 5.78 Å². The summed E-state index contributed by atoms with van der Waals surface area (Å²) in [4.78, 5) is 24.5. The van der Waals surface area contributed by atoms with Gasteiger partial charge in [0.05, 0.1) is 28.1 Å². The molecule has 0 fully saturated rings. The molecule has 4 rings (SSSR count). The Balaban J connectivity index is 1.94. The molecule has 1 aromatic carbocycles. The summed E-state index contributed by atoms with van der Waals surface area (Å²) in [5, 5.41) is 6.64. The second kappa shape index (κ2) is 3.99. The van der Waals surface area contributed by atoms with Crippen LogP contribution in [0.5, 0.6) is 0 Å². The van der Waals surface area contributed by atoms with Gasteiger partial charge in [-0.3, -0.25) is 9.59 Å². The first kappa shape index (κ1) is 11.8. The van der Waals surface area contributed by atoms with E-state index in [9.17, 15) is 14.0 Å². The van der Waals surface area contributed by atoms with Gasteiger partial charge in [0, 0.05) is 0 Å². The molecule has 102 valence electrons. The molecular formula is C15H7FN2O3. The highest BCUT2D eigenvalue weighted by atomic mass is 19.1. The van der Waals surface area contributed by atoms with Crippen LogP contribution in [0.2, 0.25) is 0 Å². The first-order chi connectivity index (χ1) is 10.1. The Morgan fingerprint density at radius 1 is 1.14 bits per heavy atom. The molecule has 1 aliphatic carbocycles. The lowest BCUT2D eigenvalue weighted by atomic mass is 9.93. The Kier molecular flexibility index (Phi) is 2.24. The van der Waals surface area contributed by atoms with Crippen LogP contribution in [0.15, 0.2) is 40.8 Å². The SMILES string of the molecule is O=C1C=Cc2nocc2/C1=C1\Nc2ccc(F)cc2C1=O. The van der Waals surface area contributed by atoms with Crippen molar-refractivity contribution in [1.29, 1.82) is 0 Å². The van der Waals surface area contributed by atoms with Crippen molar-refractivity contribution in [3.05, 3.63) is 58.9 Å². The fourth-order valence-corrected chi connectivity index (χ4v) is 2.50. The molecule has 21 heavy (non-hydrogen) atoms. The molecule has 0 saturated heterocycles. The van der Waals surface area contributed by atoms with Gasteiger partial charge in [0.25, 0.3) is 0 Å². The van der Waals surface area contributed by atoms with Crippen LogP contribution in [0.4, 0.5) is 10.1 Å². The zero-order valence-corrected chi connectivity index (χ0v) is 10.5. The van der Waals surface area contributed by atoms with Crippen LogP contribution >= 0.6 is 0 Å². The van der Waals surface area contributed by atoms with Gasteiger partial charge in [0.1, 0.15) is 17.8 Å². The first-order valence-electron chi connectivity index (χ1n) is 6.18. The van der Waals surface area contributed by atoms with E-state index >= 15 is 0 Å². The average molecular weight is 282 g/mol. The number of Topliss-reactive ketones (excluding diaryl/α,β-unsaturated/α-hetero) is 1. The highest BCUT2D eigenvalue weighted by molar-refractivity contribution is 6.37. The van der Waals surface area contributed by atoms with Gasteiger partial charge in [-0.2, -0.15) is 0 Å². The average Bonchev–Trinajstić information content (AvgIpc) is 3.05. The van der Waals surface area contributed by atoms with Crippen LogP contribution in [0.25, 0.3) is 11.6 Å². The number of allylic oxidation sites excluding steroid dienone is 3. The van der Waals surface area contributed by atoms with E-state index in [4.69, 9.17) is 4.52 Å². The number of nitrogens with zero attached hydrogens (tertiary/aromatic N) is 1. The summed E-state index contributed by atoms with van der Waals surface area (Å²) in [6.07, 6.45) is 4.17. The minimum Gasteiger partial charge on any atom is -0.363 e. The molecule has 0 radical (unpaired) electrons. The monoisotopic (exact) mass is 282 g/mol. The number of carbonyl (C=O) groups is 2. The Morgan fingerprint density at radius 2 is 2.00 bits per heavy atom. The predicted molar refractivity (Wildman–Crippen MR) is 71.8 cm³/mol. The lowest BCUT2D eigenvalue weighted by molar-refractivity contribution is -0.109. The number of halogens is 1. The minimum atomic E-state index is -0.504. The number of anilines is 1. The summed E-state index contributed by atoms with van der Waals surface area (Å²) >= 11 is 0. The van der Waals surface area contributed by atoms with Gasteiger partial charge in [-0.1, -0.05) is 5.16 Å². The Labute approximate surface area is 117 Å². The summed E-state index contributed by atoms with van der Waals surface area (Å²) in [7, 11) is 0. The standard InChI is InChI=1S/C15H7FN2O3/c16-7-1-2-10-8(5-7)15(20)14(17-10)13-9-6-21-18-11(9)3-4-12(13)19/h1-6,17H/b14-13+. The predicted octanol–water partition coefficient (Wildman–Crippen LogP) is 2.43. The van der Waals surface area contributed by atoms with Crippen molar-refractivity contribution in [2.24, 2.45) is 0 Å². The second-order valence-electron chi connectivity index (χ2n) is 4.71. The van der Waals surface area contributed by atoms with E-state index in [2.05, 4.69) is 10.5 Å². The van der Waals surface area contributed by atoms with E-state index in [-0.39, 0.29) is 22.6 Å². The quantitative estimate of drug-likeness (QED) is 0.751. The van der Waals surface area contributed by atoms with Gasteiger partial charge in [-0.15, -0.1) is 0 Å². The molecule has 1 aromatic heterocycles. The number of aromatic nitrogens is 1. The summed E-state index contributed by atoms with van der Waals surface area (Å²) < 4.78 is 18.1. The largest absolute Gasteiger partial charge is 0.363 e. The summed E-state index contributed by atoms with van der Waals surface area (Å²) in [5.74, 6) is -1.25. The number of nitrogens with one attached hydrogen (secondary N) is 1. The van der Waals surface area contributed by atoms with E-state index in [1.54, 1.807) is 0 Å². The lowest BCUT2D eigenvalue weighted by Gasteiger charge is -2.09. The van der Waals surface area contributed by atoms with Gasteiger partial charge >= 0.3 is 0 Å². The van der Waals surface area contributed by atoms with E-state index in [0.29, 0.717) is 16.9 Å². The molecular weight excluding hydrogens is 275 g/mol. The number of carbonyl (C=O) groups excluding carboxylic acids is 2. The van der Waals surface area contributed by atoms with Crippen molar-refractivity contribution in [3.63, 3.8) is 0 Å². The van der Waals surface area contributed by atoms with Gasteiger partial charge in [-0.25, -0.2) is 4.39 Å². The molecule has 0 spiro atoms. The van der Waals surface area contributed by atoms with Crippen LogP contribution < -0.4 is 5.32 Å². The molecule has 2 aliphatic rings. The maximum absolute atomic E-state index is 13.3. The number of hydrogen-bond acceptors (Lipinski definition) is 5. The summed E-state index contributed by atoms with van der Waals surface area (Å²) in [5.41, 5.74) is 1.92. The molecule has 1 aliphatic heterocycles. The van der Waals surface area contributed by atoms with Crippen molar-refractivity contribution in [2.75, 3.05) is 5.32 Å². The summed E-state index contributed by atoms with van der Waals surface area (Å²) in [6, 6.07) is 3.86.